The SMILES string of the molecule is CC1CCN(S(=O)(=O)c2cc(CNC(C)C)cs2)CC1. The van der Waals surface area contributed by atoms with E-state index in [2.05, 4.69) is 26.1 Å². The summed E-state index contributed by atoms with van der Waals surface area (Å²) >= 11 is 1.33. The van der Waals surface area contributed by atoms with E-state index >= 15 is 0 Å². The molecule has 0 spiro atoms. The summed E-state index contributed by atoms with van der Waals surface area (Å²) < 4.78 is 27.2. The van der Waals surface area contributed by atoms with Crippen molar-refractivity contribution >= 4 is 21.4 Å². The number of hydrogen-bond donors (Lipinski definition) is 1. The minimum absolute atomic E-state index is 0.401. The van der Waals surface area contributed by atoms with Crippen molar-refractivity contribution in [1.29, 1.82) is 0 Å². The maximum Gasteiger partial charge on any atom is 0.252 e. The lowest BCUT2D eigenvalue weighted by molar-refractivity contribution is 0.288. The van der Waals surface area contributed by atoms with Crippen LogP contribution in [0.5, 0.6) is 0 Å². The van der Waals surface area contributed by atoms with Crippen molar-refractivity contribution in [2.24, 2.45) is 5.92 Å². The summed E-state index contributed by atoms with van der Waals surface area (Å²) in [7, 11) is -3.28. The molecule has 0 aromatic carbocycles. The molecular weight excluding hydrogens is 292 g/mol. The molecule has 20 heavy (non-hydrogen) atoms. The zero-order chi connectivity index (χ0) is 14.8. The van der Waals surface area contributed by atoms with Crippen LogP contribution in [0.15, 0.2) is 15.7 Å². The average molecular weight is 316 g/mol. The third-order valence-corrected chi connectivity index (χ3v) is 7.04. The second-order valence-electron chi connectivity index (χ2n) is 5.90. The van der Waals surface area contributed by atoms with Crippen LogP contribution in [-0.4, -0.2) is 31.9 Å². The molecule has 2 heterocycles. The highest BCUT2D eigenvalue weighted by Gasteiger charge is 2.29. The van der Waals surface area contributed by atoms with Crippen LogP contribution in [0.25, 0.3) is 0 Å². The van der Waals surface area contributed by atoms with Gasteiger partial charge in [-0.25, -0.2) is 8.42 Å². The fourth-order valence-corrected chi connectivity index (χ4v) is 5.09. The number of rotatable bonds is 5. The Kier molecular flexibility index (Phi) is 5.23. The molecular formula is C14H24N2O2S2. The van der Waals surface area contributed by atoms with Gasteiger partial charge in [0.25, 0.3) is 10.0 Å². The molecule has 0 aliphatic carbocycles. The van der Waals surface area contributed by atoms with Crippen LogP contribution >= 0.6 is 11.3 Å². The van der Waals surface area contributed by atoms with E-state index in [1.807, 2.05) is 11.4 Å². The minimum Gasteiger partial charge on any atom is -0.310 e. The van der Waals surface area contributed by atoms with Gasteiger partial charge in [0.15, 0.2) is 0 Å². The van der Waals surface area contributed by atoms with Crippen LogP contribution in [-0.2, 0) is 16.6 Å². The molecule has 1 aliphatic heterocycles. The van der Waals surface area contributed by atoms with Crippen LogP contribution in [0.2, 0.25) is 0 Å². The first-order valence-corrected chi connectivity index (χ1v) is 9.52. The van der Waals surface area contributed by atoms with Gasteiger partial charge in [0.2, 0.25) is 0 Å². The van der Waals surface area contributed by atoms with Crippen molar-refractivity contribution in [3.8, 4) is 0 Å². The Morgan fingerprint density at radius 2 is 2.05 bits per heavy atom. The molecule has 1 aliphatic rings. The van der Waals surface area contributed by atoms with Gasteiger partial charge in [0.05, 0.1) is 0 Å². The molecule has 6 heteroatoms. The second-order valence-corrected chi connectivity index (χ2v) is 8.97. The van der Waals surface area contributed by atoms with Crippen molar-refractivity contribution in [3.05, 3.63) is 17.0 Å². The van der Waals surface area contributed by atoms with E-state index in [0.717, 1.165) is 24.9 Å². The van der Waals surface area contributed by atoms with E-state index in [-0.39, 0.29) is 0 Å². The Morgan fingerprint density at radius 3 is 2.65 bits per heavy atom. The lowest BCUT2D eigenvalue weighted by Gasteiger charge is -2.28. The highest BCUT2D eigenvalue weighted by molar-refractivity contribution is 7.91. The number of piperidine rings is 1. The largest absolute Gasteiger partial charge is 0.310 e. The maximum atomic E-state index is 12.6. The summed E-state index contributed by atoms with van der Waals surface area (Å²) in [5.74, 6) is 0.635. The number of hydrogen-bond acceptors (Lipinski definition) is 4. The number of sulfonamides is 1. The standard InChI is InChI=1S/C14H24N2O2S2/c1-11(2)15-9-13-8-14(19-10-13)20(17,18)16-6-4-12(3)5-7-16/h8,10-12,15H,4-7,9H2,1-3H3. The molecule has 1 N–H and O–H groups in total. The zero-order valence-corrected chi connectivity index (χ0v) is 14.1. The van der Waals surface area contributed by atoms with Crippen LogP contribution in [0.4, 0.5) is 0 Å². The summed E-state index contributed by atoms with van der Waals surface area (Å²) in [6, 6.07) is 2.21. The molecule has 1 fully saturated rings. The molecule has 0 radical (unpaired) electrons. The molecule has 0 amide bonds. The van der Waals surface area contributed by atoms with E-state index in [1.54, 1.807) is 4.31 Å². The Labute approximate surface area is 126 Å². The van der Waals surface area contributed by atoms with Gasteiger partial charge in [-0.3, -0.25) is 0 Å². The van der Waals surface area contributed by atoms with Gasteiger partial charge in [-0.1, -0.05) is 20.8 Å². The molecule has 0 atom stereocenters. The molecule has 4 nitrogen and oxygen atoms in total. The highest BCUT2D eigenvalue weighted by atomic mass is 32.2. The summed E-state index contributed by atoms with van der Waals surface area (Å²) in [6.07, 6.45) is 1.93. The Bertz CT molecular complexity index is 529. The van der Waals surface area contributed by atoms with E-state index in [9.17, 15) is 8.42 Å². The first-order chi connectivity index (χ1) is 9.39. The van der Waals surface area contributed by atoms with Gasteiger partial charge in [-0.2, -0.15) is 4.31 Å². The molecule has 1 aromatic rings. The summed E-state index contributed by atoms with van der Waals surface area (Å²) in [4.78, 5) is 0. The average Bonchev–Trinajstić information content (AvgIpc) is 2.86. The normalized spacial score (nSPS) is 18.8. The Hall–Kier alpha value is -0.430. The van der Waals surface area contributed by atoms with Crippen LogP contribution in [0.1, 0.15) is 39.2 Å². The molecule has 1 aromatic heterocycles. The second kappa shape index (κ2) is 6.56. The lowest BCUT2D eigenvalue weighted by Crippen LogP contribution is -2.37. The van der Waals surface area contributed by atoms with Crippen molar-refractivity contribution in [2.45, 2.75) is 50.4 Å². The first kappa shape index (κ1) is 15.9. The van der Waals surface area contributed by atoms with Gasteiger partial charge in [0, 0.05) is 25.7 Å². The monoisotopic (exact) mass is 316 g/mol. The molecule has 0 saturated carbocycles. The highest BCUT2D eigenvalue weighted by Crippen LogP contribution is 2.27. The number of thiophene rings is 1. The van der Waals surface area contributed by atoms with E-state index in [1.165, 1.54) is 11.3 Å². The fourth-order valence-electron chi connectivity index (χ4n) is 2.26. The summed E-state index contributed by atoms with van der Waals surface area (Å²) in [6.45, 7) is 8.38. The van der Waals surface area contributed by atoms with Crippen molar-refractivity contribution < 1.29 is 8.42 Å². The van der Waals surface area contributed by atoms with Crippen LogP contribution in [0, 0.1) is 5.92 Å². The first-order valence-electron chi connectivity index (χ1n) is 7.20. The van der Waals surface area contributed by atoms with E-state index in [0.29, 0.717) is 29.3 Å². The maximum absolute atomic E-state index is 12.6. The minimum atomic E-state index is -3.28. The number of nitrogens with one attached hydrogen (secondary N) is 1. The predicted molar refractivity (Wildman–Crippen MR) is 83.5 cm³/mol. The van der Waals surface area contributed by atoms with Gasteiger partial charge in [0.1, 0.15) is 4.21 Å². The molecule has 0 unspecified atom stereocenters. The van der Waals surface area contributed by atoms with E-state index in [4.69, 9.17) is 0 Å². The molecule has 1 saturated heterocycles. The quantitative estimate of drug-likeness (QED) is 0.908. The van der Waals surface area contributed by atoms with Crippen LogP contribution in [0.3, 0.4) is 0 Å². The van der Waals surface area contributed by atoms with Gasteiger partial charge < -0.3 is 5.32 Å². The van der Waals surface area contributed by atoms with Gasteiger partial charge >= 0.3 is 0 Å². The summed E-state index contributed by atoms with van der Waals surface area (Å²) in [5, 5.41) is 5.25. The van der Waals surface area contributed by atoms with Crippen molar-refractivity contribution in [3.63, 3.8) is 0 Å². The topological polar surface area (TPSA) is 49.4 Å². The Morgan fingerprint density at radius 1 is 1.40 bits per heavy atom. The molecule has 0 bridgehead atoms. The lowest BCUT2D eigenvalue weighted by atomic mass is 10.0. The number of nitrogens with zero attached hydrogens (tertiary/aromatic N) is 1. The molecule has 114 valence electrons. The van der Waals surface area contributed by atoms with Gasteiger partial charge in [-0.05, 0) is 35.8 Å². The summed E-state index contributed by atoms with van der Waals surface area (Å²) in [5.41, 5.74) is 1.05. The van der Waals surface area contributed by atoms with Crippen LogP contribution < -0.4 is 5.32 Å². The third-order valence-electron chi connectivity index (χ3n) is 3.68. The van der Waals surface area contributed by atoms with Crippen molar-refractivity contribution in [1.82, 2.24) is 9.62 Å². The van der Waals surface area contributed by atoms with Crippen molar-refractivity contribution in [2.75, 3.05) is 13.1 Å². The third kappa shape index (κ3) is 3.81. The molecule has 2 rings (SSSR count). The van der Waals surface area contributed by atoms with E-state index < -0.39 is 10.0 Å². The fraction of sp³-hybridized carbons (Fsp3) is 0.714. The zero-order valence-electron chi connectivity index (χ0n) is 12.4. The van der Waals surface area contributed by atoms with Gasteiger partial charge in [-0.15, -0.1) is 11.3 Å². The smallest absolute Gasteiger partial charge is 0.252 e. The predicted octanol–water partition coefficient (Wildman–Crippen LogP) is 2.67. The Balaban J connectivity index is 2.06.